The first-order chi connectivity index (χ1) is 12.0. The van der Waals surface area contributed by atoms with E-state index in [0.29, 0.717) is 23.0 Å². The van der Waals surface area contributed by atoms with Crippen LogP contribution in [0.25, 0.3) is 10.2 Å². The summed E-state index contributed by atoms with van der Waals surface area (Å²) in [5.41, 5.74) is 0.0938. The summed E-state index contributed by atoms with van der Waals surface area (Å²) in [6.07, 6.45) is -2.77. The van der Waals surface area contributed by atoms with Crippen LogP contribution in [0.3, 0.4) is 0 Å². The van der Waals surface area contributed by atoms with Crippen LogP contribution in [0.5, 0.6) is 5.75 Å². The van der Waals surface area contributed by atoms with Crippen molar-refractivity contribution in [3.8, 4) is 5.75 Å². The maximum absolute atomic E-state index is 12.8. The second kappa shape index (κ2) is 7.06. The van der Waals surface area contributed by atoms with E-state index in [-0.39, 0.29) is 11.5 Å². The monoisotopic (exact) mass is 364 g/mol. The van der Waals surface area contributed by atoms with Gasteiger partial charge in [-0.1, -0.05) is 11.3 Å². The number of rotatable bonds is 5. The lowest BCUT2D eigenvalue weighted by Crippen LogP contribution is -2.15. The summed E-state index contributed by atoms with van der Waals surface area (Å²) in [7, 11) is 0. The van der Waals surface area contributed by atoms with Crippen LogP contribution in [0, 0.1) is 6.92 Å². The lowest BCUT2D eigenvalue weighted by atomic mass is 10.3. The molecule has 0 aliphatic rings. The van der Waals surface area contributed by atoms with Crippen LogP contribution in [-0.4, -0.2) is 27.5 Å². The first-order valence-corrected chi connectivity index (χ1v) is 8.26. The number of carbonyl (C=O) groups is 1. The van der Waals surface area contributed by atoms with E-state index < -0.39 is 18.0 Å². The van der Waals surface area contributed by atoms with Gasteiger partial charge in [0.15, 0.2) is 5.13 Å². The predicted octanol–water partition coefficient (Wildman–Crippen LogP) is 3.98. The summed E-state index contributed by atoms with van der Waals surface area (Å²) in [6, 6.07) is 6.39. The Kier molecular flexibility index (Phi) is 4.84. The Morgan fingerprint density at radius 2 is 2.08 bits per heavy atom. The summed E-state index contributed by atoms with van der Waals surface area (Å²) in [5.74, 6) is 0.203. The Hall–Kier alpha value is -2.68. The van der Waals surface area contributed by atoms with E-state index in [2.05, 4.69) is 20.3 Å². The van der Waals surface area contributed by atoms with Crippen molar-refractivity contribution in [1.29, 1.82) is 0 Å². The Balaban J connectivity index is 1.84. The first kappa shape index (κ1) is 17.2. The summed E-state index contributed by atoms with van der Waals surface area (Å²) in [5, 5.41) is 2.94. The van der Waals surface area contributed by atoms with Crippen LogP contribution in [-0.2, 0) is 0 Å². The minimum absolute atomic E-state index is 0.105. The summed E-state index contributed by atoms with van der Waals surface area (Å²) < 4.78 is 31.9. The Morgan fingerprint density at radius 3 is 2.80 bits per heavy atom. The highest BCUT2D eigenvalue weighted by Crippen LogP contribution is 2.29. The lowest BCUT2D eigenvalue weighted by Gasteiger charge is -2.05. The quantitative estimate of drug-likeness (QED) is 0.741. The van der Waals surface area contributed by atoms with E-state index in [1.54, 1.807) is 12.1 Å². The van der Waals surface area contributed by atoms with Crippen molar-refractivity contribution >= 4 is 32.6 Å². The minimum Gasteiger partial charge on any atom is -0.494 e. The third-order valence-corrected chi connectivity index (χ3v) is 4.14. The molecule has 1 aromatic carbocycles. The fourth-order valence-electron chi connectivity index (χ4n) is 2.19. The number of aromatic nitrogens is 3. The number of alkyl halides is 2. The number of fused-ring (bicyclic) bond motifs is 1. The molecule has 0 atom stereocenters. The van der Waals surface area contributed by atoms with Gasteiger partial charge in [0.05, 0.1) is 16.8 Å². The zero-order valence-electron chi connectivity index (χ0n) is 13.4. The molecule has 0 radical (unpaired) electrons. The molecule has 3 rings (SSSR count). The Bertz CT molecular complexity index is 930. The van der Waals surface area contributed by atoms with Gasteiger partial charge in [0, 0.05) is 0 Å². The van der Waals surface area contributed by atoms with Gasteiger partial charge < -0.3 is 4.74 Å². The van der Waals surface area contributed by atoms with E-state index in [1.165, 1.54) is 18.3 Å². The molecule has 0 saturated heterocycles. The molecule has 0 aliphatic carbocycles. The average Bonchev–Trinajstić information content (AvgIpc) is 2.96. The molecule has 3 aromatic rings. The van der Waals surface area contributed by atoms with E-state index >= 15 is 0 Å². The lowest BCUT2D eigenvalue weighted by molar-refractivity contribution is 0.102. The largest absolute Gasteiger partial charge is 0.494 e. The zero-order valence-corrected chi connectivity index (χ0v) is 14.2. The molecule has 0 spiro atoms. The number of hydrogen-bond donors (Lipinski definition) is 1. The summed E-state index contributed by atoms with van der Waals surface area (Å²) in [6.45, 7) is 3.89. The van der Waals surface area contributed by atoms with Crippen molar-refractivity contribution in [3.63, 3.8) is 0 Å². The van der Waals surface area contributed by atoms with Crippen LogP contribution in [0.4, 0.5) is 13.9 Å². The number of aryl methyl sites for hydroxylation is 1. The van der Waals surface area contributed by atoms with Crippen molar-refractivity contribution in [3.05, 3.63) is 41.5 Å². The van der Waals surface area contributed by atoms with Gasteiger partial charge in [0.2, 0.25) is 0 Å². The highest BCUT2D eigenvalue weighted by Gasteiger charge is 2.17. The van der Waals surface area contributed by atoms with Gasteiger partial charge in [-0.2, -0.15) is 0 Å². The van der Waals surface area contributed by atoms with Crippen molar-refractivity contribution in [1.82, 2.24) is 15.0 Å². The molecule has 0 bridgehead atoms. The second-order valence-corrected chi connectivity index (χ2v) is 6.09. The number of nitrogens with one attached hydrogen (secondary N) is 1. The number of anilines is 1. The summed E-state index contributed by atoms with van der Waals surface area (Å²) in [4.78, 5) is 24.1. The average molecular weight is 364 g/mol. The van der Waals surface area contributed by atoms with Crippen LogP contribution < -0.4 is 10.1 Å². The molecule has 0 unspecified atom stereocenters. The molecule has 6 nitrogen and oxygen atoms in total. The molecule has 0 saturated carbocycles. The van der Waals surface area contributed by atoms with Gasteiger partial charge in [-0.25, -0.2) is 23.7 Å². The van der Waals surface area contributed by atoms with Gasteiger partial charge in [-0.15, -0.1) is 0 Å². The van der Waals surface area contributed by atoms with E-state index in [9.17, 15) is 13.6 Å². The fraction of sp³-hybridized carbons (Fsp3) is 0.250. The molecule has 25 heavy (non-hydrogen) atoms. The standard InChI is InChI=1S/C16H14F2N4O2S/c1-3-24-9-4-5-10-13(6-9)25-16(21-10)22-15(23)12-7-11(14(17)18)19-8(2)20-12/h4-7,14H,3H2,1-2H3,(H,21,22,23). The van der Waals surface area contributed by atoms with Crippen molar-refractivity contribution < 1.29 is 18.3 Å². The third kappa shape index (κ3) is 3.87. The summed E-state index contributed by atoms with van der Waals surface area (Å²) >= 11 is 1.26. The highest BCUT2D eigenvalue weighted by atomic mass is 32.1. The van der Waals surface area contributed by atoms with Crippen LogP contribution in [0.1, 0.15) is 35.4 Å². The highest BCUT2D eigenvalue weighted by molar-refractivity contribution is 7.22. The SMILES string of the molecule is CCOc1ccc2nc(NC(=O)c3cc(C(F)F)nc(C)n3)sc2c1. The molecule has 1 N–H and O–H groups in total. The normalized spacial score (nSPS) is 11.1. The van der Waals surface area contributed by atoms with Crippen molar-refractivity contribution in [2.24, 2.45) is 0 Å². The Labute approximate surface area is 145 Å². The molecular weight excluding hydrogens is 350 g/mol. The van der Waals surface area contributed by atoms with E-state index in [1.807, 2.05) is 13.0 Å². The van der Waals surface area contributed by atoms with Crippen LogP contribution in [0.15, 0.2) is 24.3 Å². The van der Waals surface area contributed by atoms with Gasteiger partial charge in [-0.05, 0) is 38.1 Å². The molecule has 0 fully saturated rings. The fourth-order valence-corrected chi connectivity index (χ4v) is 3.08. The molecule has 0 aliphatic heterocycles. The number of amides is 1. The Morgan fingerprint density at radius 1 is 1.28 bits per heavy atom. The number of benzene rings is 1. The van der Waals surface area contributed by atoms with E-state index in [0.717, 1.165) is 10.8 Å². The molecule has 2 heterocycles. The number of halogens is 2. The van der Waals surface area contributed by atoms with Crippen LogP contribution >= 0.6 is 11.3 Å². The molecule has 9 heteroatoms. The minimum atomic E-state index is -2.77. The van der Waals surface area contributed by atoms with Crippen LogP contribution in [0.2, 0.25) is 0 Å². The predicted molar refractivity (Wildman–Crippen MR) is 90.5 cm³/mol. The van der Waals surface area contributed by atoms with Gasteiger partial charge in [0.1, 0.15) is 23.0 Å². The zero-order chi connectivity index (χ0) is 18.0. The second-order valence-electron chi connectivity index (χ2n) is 5.06. The van der Waals surface area contributed by atoms with Crippen molar-refractivity contribution in [2.75, 3.05) is 11.9 Å². The number of ether oxygens (including phenoxy) is 1. The molecule has 2 aromatic heterocycles. The molecular formula is C16H14F2N4O2S. The topological polar surface area (TPSA) is 77.0 Å². The number of hydrogen-bond acceptors (Lipinski definition) is 6. The van der Waals surface area contributed by atoms with Crippen molar-refractivity contribution in [2.45, 2.75) is 20.3 Å². The van der Waals surface area contributed by atoms with Gasteiger partial charge >= 0.3 is 0 Å². The molecule has 130 valence electrons. The third-order valence-electron chi connectivity index (χ3n) is 3.21. The van der Waals surface area contributed by atoms with E-state index in [4.69, 9.17) is 4.74 Å². The van der Waals surface area contributed by atoms with Gasteiger partial charge in [0.25, 0.3) is 12.3 Å². The number of nitrogens with zero attached hydrogens (tertiary/aromatic N) is 3. The maximum Gasteiger partial charge on any atom is 0.280 e. The van der Waals surface area contributed by atoms with Gasteiger partial charge in [-0.3, -0.25) is 10.1 Å². The number of carbonyl (C=O) groups excluding carboxylic acids is 1. The smallest absolute Gasteiger partial charge is 0.280 e. The maximum atomic E-state index is 12.8. The first-order valence-electron chi connectivity index (χ1n) is 7.44. The molecule has 1 amide bonds. The number of thiazole rings is 1.